The van der Waals surface area contributed by atoms with E-state index in [9.17, 15) is 4.39 Å². The van der Waals surface area contributed by atoms with E-state index < -0.39 is 0 Å². The molecular weight excluding hydrogens is 391 g/mol. The molecule has 4 heterocycles. The highest BCUT2D eigenvalue weighted by Gasteiger charge is 2.25. The van der Waals surface area contributed by atoms with Crippen molar-refractivity contribution < 1.29 is 4.39 Å². The summed E-state index contributed by atoms with van der Waals surface area (Å²) < 4.78 is 17.6. The maximum Gasteiger partial charge on any atom is 0.185 e. The van der Waals surface area contributed by atoms with Crippen molar-refractivity contribution in [3.05, 3.63) is 72.4 Å². The molecule has 6 nitrogen and oxygen atoms in total. The van der Waals surface area contributed by atoms with Crippen LogP contribution in [0.5, 0.6) is 0 Å². The molecule has 0 radical (unpaired) electrons. The number of rotatable bonds is 3. The average Bonchev–Trinajstić information content (AvgIpc) is 3.52. The third-order valence-electron chi connectivity index (χ3n) is 6.50. The molecule has 4 aromatic rings. The Morgan fingerprint density at radius 3 is 2.74 bits per heavy atom. The molecule has 0 aliphatic carbocycles. The Labute approximate surface area is 179 Å². The summed E-state index contributed by atoms with van der Waals surface area (Å²) >= 11 is 0. The molecule has 1 fully saturated rings. The predicted octanol–water partition coefficient (Wildman–Crippen LogP) is 3.69. The van der Waals surface area contributed by atoms with E-state index in [1.807, 2.05) is 12.1 Å². The van der Waals surface area contributed by atoms with E-state index in [0.29, 0.717) is 5.92 Å². The molecular formula is C24H23FN6. The summed E-state index contributed by atoms with van der Waals surface area (Å²) in [6.07, 6.45) is 5.03. The predicted molar refractivity (Wildman–Crippen MR) is 119 cm³/mol. The number of nitrogens with zero attached hydrogens (tertiary/aromatic N) is 5. The zero-order chi connectivity index (χ0) is 20.9. The summed E-state index contributed by atoms with van der Waals surface area (Å²) in [6.45, 7) is 3.53. The van der Waals surface area contributed by atoms with Gasteiger partial charge in [0.1, 0.15) is 12.1 Å². The lowest BCUT2D eigenvalue weighted by Crippen LogP contribution is -2.22. The minimum absolute atomic E-state index is 0.232. The number of hydrogen-bond acceptors (Lipinski definition) is 4. The van der Waals surface area contributed by atoms with Crippen molar-refractivity contribution >= 4 is 5.69 Å². The van der Waals surface area contributed by atoms with Gasteiger partial charge in [-0.25, -0.2) is 4.39 Å². The van der Waals surface area contributed by atoms with Crippen molar-refractivity contribution in [3.63, 3.8) is 0 Å². The second kappa shape index (κ2) is 7.06. The third-order valence-corrected chi connectivity index (χ3v) is 6.50. The smallest absolute Gasteiger partial charge is 0.185 e. The highest BCUT2D eigenvalue weighted by molar-refractivity contribution is 5.72. The summed E-state index contributed by atoms with van der Waals surface area (Å²) in [7, 11) is 0. The van der Waals surface area contributed by atoms with E-state index in [1.54, 1.807) is 6.33 Å². The number of halogens is 1. The molecule has 0 bridgehead atoms. The molecule has 7 heteroatoms. The first-order valence-electron chi connectivity index (χ1n) is 10.6. The SMILES string of the molecule is NC[C@H]1CCN(c2ccc3c(c2)Cn2cc(-c4ccc(F)cc4)cc2-c2nncn2-3)C1. The van der Waals surface area contributed by atoms with Crippen molar-refractivity contribution in [2.75, 3.05) is 24.5 Å². The molecule has 2 aliphatic heterocycles. The minimum Gasteiger partial charge on any atom is -0.371 e. The Balaban J connectivity index is 1.43. The van der Waals surface area contributed by atoms with Gasteiger partial charge in [-0.2, -0.15) is 0 Å². The van der Waals surface area contributed by atoms with E-state index in [4.69, 9.17) is 5.73 Å². The van der Waals surface area contributed by atoms with Gasteiger partial charge in [0.05, 0.1) is 11.4 Å². The number of anilines is 1. The van der Waals surface area contributed by atoms with Gasteiger partial charge in [-0.3, -0.25) is 4.57 Å². The number of hydrogen-bond donors (Lipinski definition) is 1. The molecule has 0 saturated carbocycles. The zero-order valence-corrected chi connectivity index (χ0v) is 17.1. The Kier molecular flexibility index (Phi) is 4.17. The summed E-state index contributed by atoms with van der Waals surface area (Å²) in [5.74, 6) is 1.14. The molecule has 2 aromatic heterocycles. The lowest BCUT2D eigenvalue weighted by molar-refractivity contribution is 0.602. The molecule has 1 atom stereocenters. The van der Waals surface area contributed by atoms with Crippen LogP contribution >= 0.6 is 0 Å². The molecule has 6 rings (SSSR count). The monoisotopic (exact) mass is 414 g/mol. The van der Waals surface area contributed by atoms with Gasteiger partial charge < -0.3 is 15.2 Å². The molecule has 0 spiro atoms. The Morgan fingerprint density at radius 2 is 1.94 bits per heavy atom. The number of fused-ring (bicyclic) bond motifs is 5. The second-order valence-corrected chi connectivity index (χ2v) is 8.42. The fraction of sp³-hybridized carbons (Fsp3) is 0.250. The lowest BCUT2D eigenvalue weighted by Gasteiger charge is -2.21. The molecule has 1 saturated heterocycles. The van der Waals surface area contributed by atoms with E-state index >= 15 is 0 Å². The van der Waals surface area contributed by atoms with Gasteiger partial charge in [0, 0.05) is 37.1 Å². The van der Waals surface area contributed by atoms with Gasteiger partial charge in [0.2, 0.25) is 0 Å². The Bertz CT molecular complexity index is 1260. The van der Waals surface area contributed by atoms with Gasteiger partial charge in [-0.1, -0.05) is 12.1 Å². The van der Waals surface area contributed by atoms with Crippen LogP contribution in [0.4, 0.5) is 10.1 Å². The number of nitrogens with two attached hydrogens (primary N) is 1. The largest absolute Gasteiger partial charge is 0.371 e. The van der Waals surface area contributed by atoms with Crippen molar-refractivity contribution in [2.24, 2.45) is 11.7 Å². The molecule has 156 valence electrons. The van der Waals surface area contributed by atoms with Crippen molar-refractivity contribution in [2.45, 2.75) is 13.0 Å². The third kappa shape index (κ3) is 3.04. The van der Waals surface area contributed by atoms with Crippen molar-refractivity contribution in [1.29, 1.82) is 0 Å². The normalized spacial score (nSPS) is 17.2. The van der Waals surface area contributed by atoms with Crippen LogP contribution in [0, 0.1) is 11.7 Å². The maximum absolute atomic E-state index is 13.4. The zero-order valence-electron chi connectivity index (χ0n) is 17.1. The summed E-state index contributed by atoms with van der Waals surface area (Å²) in [5, 5.41) is 8.59. The molecule has 2 aliphatic rings. The quantitative estimate of drug-likeness (QED) is 0.489. The van der Waals surface area contributed by atoms with Crippen LogP contribution in [0.2, 0.25) is 0 Å². The number of aromatic nitrogens is 4. The summed E-state index contributed by atoms with van der Waals surface area (Å²) in [5.41, 5.74) is 12.5. The van der Waals surface area contributed by atoms with Gasteiger partial charge in [-0.05, 0) is 66.4 Å². The summed E-state index contributed by atoms with van der Waals surface area (Å²) in [6, 6.07) is 15.3. The Morgan fingerprint density at radius 1 is 1.06 bits per heavy atom. The molecule has 2 N–H and O–H groups in total. The van der Waals surface area contributed by atoms with Crippen LogP contribution in [0.25, 0.3) is 28.3 Å². The van der Waals surface area contributed by atoms with Gasteiger partial charge in [0.25, 0.3) is 0 Å². The first kappa shape index (κ1) is 18.3. The highest BCUT2D eigenvalue weighted by atomic mass is 19.1. The van der Waals surface area contributed by atoms with Gasteiger partial charge in [-0.15, -0.1) is 10.2 Å². The number of benzene rings is 2. The molecule has 2 aromatic carbocycles. The second-order valence-electron chi connectivity index (χ2n) is 8.42. The maximum atomic E-state index is 13.4. The molecule has 0 unspecified atom stereocenters. The van der Waals surface area contributed by atoms with Crippen LogP contribution in [-0.2, 0) is 6.54 Å². The minimum atomic E-state index is -0.232. The van der Waals surface area contributed by atoms with Crippen LogP contribution in [0.1, 0.15) is 12.0 Å². The van der Waals surface area contributed by atoms with E-state index in [0.717, 1.165) is 60.9 Å². The van der Waals surface area contributed by atoms with Crippen LogP contribution in [0.3, 0.4) is 0 Å². The van der Waals surface area contributed by atoms with E-state index in [-0.39, 0.29) is 5.82 Å². The van der Waals surface area contributed by atoms with Gasteiger partial charge in [0.15, 0.2) is 5.82 Å². The average molecular weight is 414 g/mol. The van der Waals surface area contributed by atoms with Crippen molar-refractivity contribution in [1.82, 2.24) is 19.3 Å². The summed E-state index contributed by atoms with van der Waals surface area (Å²) in [4.78, 5) is 2.43. The van der Waals surface area contributed by atoms with Crippen LogP contribution in [-0.4, -0.2) is 39.0 Å². The molecule has 0 amide bonds. The highest BCUT2D eigenvalue weighted by Crippen LogP contribution is 2.35. The van der Waals surface area contributed by atoms with Gasteiger partial charge >= 0.3 is 0 Å². The molecule has 31 heavy (non-hydrogen) atoms. The first-order chi connectivity index (χ1) is 15.2. The lowest BCUT2D eigenvalue weighted by atomic mass is 10.1. The first-order valence-corrected chi connectivity index (χ1v) is 10.6. The topological polar surface area (TPSA) is 64.9 Å². The van der Waals surface area contributed by atoms with E-state index in [2.05, 4.69) is 54.7 Å². The fourth-order valence-corrected chi connectivity index (χ4v) is 4.79. The fourth-order valence-electron chi connectivity index (χ4n) is 4.79. The Hall–Kier alpha value is -3.45. The standard InChI is InChI=1S/C24H23FN6/c25-20-3-1-17(2-4-20)18-10-23-24-28-27-15-31(24)22-6-5-21(9-19(22)14-30(23)13-18)29-8-7-16(11-26)12-29/h1-6,9-10,13,15-16H,7-8,11-12,14,26H2/t16-/m1/s1. The van der Waals surface area contributed by atoms with Crippen molar-refractivity contribution in [3.8, 4) is 28.3 Å². The van der Waals surface area contributed by atoms with Crippen LogP contribution in [0.15, 0.2) is 61.1 Å². The van der Waals surface area contributed by atoms with E-state index in [1.165, 1.54) is 23.4 Å². The van der Waals surface area contributed by atoms with Crippen LogP contribution < -0.4 is 10.6 Å².